The highest BCUT2D eigenvalue weighted by Gasteiger charge is 2.23. The van der Waals surface area contributed by atoms with Gasteiger partial charge in [-0.2, -0.15) is 4.39 Å². The molecule has 3 aromatic rings. The number of ether oxygens (including phenoxy) is 2. The summed E-state index contributed by atoms with van der Waals surface area (Å²) in [5, 5.41) is 0. The molecule has 0 aromatic heterocycles. The maximum atomic E-state index is 15.1. The molecule has 0 bridgehead atoms. The fourth-order valence-corrected chi connectivity index (χ4v) is 4.80. The molecule has 2 atom stereocenters. The first kappa shape index (κ1) is 25.3. The first-order chi connectivity index (χ1) is 17.0. The molecule has 0 radical (unpaired) electrons. The van der Waals surface area contributed by atoms with Crippen LogP contribution in [0.5, 0.6) is 5.75 Å². The average molecular weight is 483 g/mol. The van der Waals surface area contributed by atoms with Crippen LogP contribution in [0.2, 0.25) is 0 Å². The second-order valence-corrected chi connectivity index (χ2v) is 9.25. The molecule has 0 aliphatic carbocycles. The third-order valence-corrected chi connectivity index (χ3v) is 6.80. The molecule has 2 unspecified atom stereocenters. The second-order valence-electron chi connectivity index (χ2n) is 9.25. The summed E-state index contributed by atoms with van der Waals surface area (Å²) >= 11 is 0. The molecule has 3 aromatic carbocycles. The van der Waals surface area contributed by atoms with Gasteiger partial charge in [-0.05, 0) is 67.0 Å². The number of hydrogen-bond acceptors (Lipinski definition) is 2. The van der Waals surface area contributed by atoms with Crippen LogP contribution in [-0.2, 0) is 4.74 Å². The van der Waals surface area contributed by atoms with Crippen LogP contribution in [0.25, 0.3) is 22.3 Å². The predicted molar refractivity (Wildman–Crippen MR) is 134 cm³/mol. The molecule has 1 fully saturated rings. The van der Waals surface area contributed by atoms with Gasteiger partial charge < -0.3 is 9.47 Å². The molecule has 1 heterocycles. The maximum absolute atomic E-state index is 15.1. The molecule has 1 aliphatic rings. The molecule has 1 aliphatic heterocycles. The van der Waals surface area contributed by atoms with E-state index in [2.05, 4.69) is 6.92 Å². The van der Waals surface area contributed by atoms with Gasteiger partial charge in [0.1, 0.15) is 5.82 Å². The normalized spacial score (nSPS) is 18.0. The zero-order valence-electron chi connectivity index (χ0n) is 20.5. The fraction of sp³-hybridized carbons (Fsp3) is 0.400. The van der Waals surface area contributed by atoms with Crippen LogP contribution in [0.1, 0.15) is 64.0 Å². The molecule has 0 N–H and O–H groups in total. The third-order valence-electron chi connectivity index (χ3n) is 6.80. The monoisotopic (exact) mass is 482 g/mol. The minimum Gasteiger partial charge on any atom is -0.491 e. The van der Waals surface area contributed by atoms with Gasteiger partial charge in [0.15, 0.2) is 11.6 Å². The van der Waals surface area contributed by atoms with E-state index in [1.165, 1.54) is 37.8 Å². The molecule has 0 spiro atoms. The topological polar surface area (TPSA) is 18.5 Å². The van der Waals surface area contributed by atoms with Gasteiger partial charge >= 0.3 is 0 Å². The van der Waals surface area contributed by atoms with E-state index >= 15 is 4.39 Å². The second kappa shape index (κ2) is 11.8. The highest BCUT2D eigenvalue weighted by atomic mass is 19.2. The zero-order chi connectivity index (χ0) is 24.8. The van der Waals surface area contributed by atoms with Gasteiger partial charge in [0.2, 0.25) is 5.82 Å². The highest BCUT2D eigenvalue weighted by molar-refractivity contribution is 5.71. The van der Waals surface area contributed by atoms with Crippen molar-refractivity contribution in [3.05, 3.63) is 77.6 Å². The van der Waals surface area contributed by atoms with Gasteiger partial charge in [0.25, 0.3) is 0 Å². The number of hydrogen-bond donors (Lipinski definition) is 0. The Labute approximate surface area is 206 Å². The maximum Gasteiger partial charge on any atom is 0.201 e. The lowest BCUT2D eigenvalue weighted by atomic mass is 9.90. The summed E-state index contributed by atoms with van der Waals surface area (Å²) in [6, 6.07) is 15.0. The van der Waals surface area contributed by atoms with Gasteiger partial charge in [-0.25, -0.2) is 8.78 Å². The summed E-state index contributed by atoms with van der Waals surface area (Å²) in [6.45, 7) is 4.91. The van der Waals surface area contributed by atoms with E-state index < -0.39 is 11.6 Å². The molecule has 4 rings (SSSR count). The number of halogens is 3. The highest BCUT2D eigenvalue weighted by Crippen LogP contribution is 2.36. The van der Waals surface area contributed by atoms with E-state index in [0.29, 0.717) is 22.6 Å². The number of rotatable bonds is 9. The Hall–Kier alpha value is -2.79. The van der Waals surface area contributed by atoms with Crippen LogP contribution >= 0.6 is 0 Å². The zero-order valence-corrected chi connectivity index (χ0v) is 20.5. The first-order valence-electron chi connectivity index (χ1n) is 12.6. The lowest BCUT2D eigenvalue weighted by molar-refractivity contribution is -0.0200. The standard InChI is InChI=1S/C30H33F3O2/c1-3-5-6-7-20-8-16-27(35-19-20)23-13-14-24(26(31)18-23)21-9-11-22(12-10-21)25-15-17-28(34-4-2)30(33)29(25)32/h9-15,17-18,20,27H,3-8,16,19H2,1-2H3. The minimum atomic E-state index is -1.01. The predicted octanol–water partition coefficient (Wildman–Crippen LogP) is 8.88. The molecule has 1 saturated heterocycles. The van der Waals surface area contributed by atoms with Crippen molar-refractivity contribution >= 4 is 0 Å². The summed E-state index contributed by atoms with van der Waals surface area (Å²) in [5.74, 6) is -1.79. The Kier molecular flexibility index (Phi) is 8.50. The van der Waals surface area contributed by atoms with Gasteiger partial charge in [0, 0.05) is 11.1 Å². The average Bonchev–Trinajstić information content (AvgIpc) is 2.88. The SMILES string of the molecule is CCCCCC1CCC(c2ccc(-c3ccc(-c4ccc(OCC)c(F)c4F)cc3)c(F)c2)OC1. The molecule has 2 nitrogen and oxygen atoms in total. The Bertz CT molecular complexity index is 1120. The van der Waals surface area contributed by atoms with E-state index in [9.17, 15) is 8.78 Å². The lowest BCUT2D eigenvalue weighted by Gasteiger charge is -2.29. The molecule has 0 saturated carbocycles. The van der Waals surface area contributed by atoms with Crippen LogP contribution < -0.4 is 4.74 Å². The van der Waals surface area contributed by atoms with Crippen LogP contribution in [0.4, 0.5) is 13.2 Å². The number of unbranched alkanes of at least 4 members (excludes halogenated alkanes) is 2. The van der Waals surface area contributed by atoms with E-state index in [1.54, 1.807) is 43.3 Å². The van der Waals surface area contributed by atoms with Crippen molar-refractivity contribution < 1.29 is 22.6 Å². The molecule has 0 amide bonds. The molecular formula is C30H33F3O2. The Morgan fingerprint density at radius 2 is 1.54 bits per heavy atom. The smallest absolute Gasteiger partial charge is 0.201 e. The summed E-state index contributed by atoms with van der Waals surface area (Å²) in [4.78, 5) is 0. The Morgan fingerprint density at radius 1 is 0.829 bits per heavy atom. The third kappa shape index (κ3) is 5.90. The van der Waals surface area contributed by atoms with Gasteiger partial charge in [-0.1, -0.05) is 62.6 Å². The summed E-state index contributed by atoms with van der Waals surface area (Å²) in [7, 11) is 0. The molecule has 5 heteroatoms. The van der Waals surface area contributed by atoms with E-state index in [1.807, 2.05) is 6.07 Å². The van der Waals surface area contributed by atoms with E-state index in [-0.39, 0.29) is 29.8 Å². The van der Waals surface area contributed by atoms with Crippen molar-refractivity contribution in [1.29, 1.82) is 0 Å². The lowest BCUT2D eigenvalue weighted by Crippen LogP contribution is -2.20. The molecule has 35 heavy (non-hydrogen) atoms. The first-order valence-corrected chi connectivity index (χ1v) is 12.6. The molecular weight excluding hydrogens is 449 g/mol. The van der Waals surface area contributed by atoms with Crippen molar-refractivity contribution in [2.24, 2.45) is 5.92 Å². The van der Waals surface area contributed by atoms with E-state index in [0.717, 1.165) is 25.0 Å². The summed E-state index contributed by atoms with van der Waals surface area (Å²) in [6.07, 6.45) is 6.90. The van der Waals surface area contributed by atoms with Crippen LogP contribution in [0.3, 0.4) is 0 Å². The van der Waals surface area contributed by atoms with Crippen LogP contribution in [0, 0.1) is 23.4 Å². The van der Waals surface area contributed by atoms with Crippen LogP contribution in [0.15, 0.2) is 54.6 Å². The van der Waals surface area contributed by atoms with Crippen molar-refractivity contribution in [2.45, 2.75) is 58.5 Å². The van der Waals surface area contributed by atoms with Crippen LogP contribution in [-0.4, -0.2) is 13.2 Å². The quantitative estimate of drug-likeness (QED) is 0.284. The summed E-state index contributed by atoms with van der Waals surface area (Å²) in [5.41, 5.74) is 2.64. The fourth-order valence-electron chi connectivity index (χ4n) is 4.80. The van der Waals surface area contributed by atoms with Crippen molar-refractivity contribution in [2.75, 3.05) is 13.2 Å². The van der Waals surface area contributed by atoms with Crippen molar-refractivity contribution in [3.63, 3.8) is 0 Å². The minimum absolute atomic E-state index is 0.0686. The van der Waals surface area contributed by atoms with Gasteiger partial charge in [0.05, 0.1) is 19.3 Å². The number of benzene rings is 3. The Balaban J connectivity index is 1.45. The summed E-state index contributed by atoms with van der Waals surface area (Å²) < 4.78 is 55.0. The van der Waals surface area contributed by atoms with E-state index in [4.69, 9.17) is 9.47 Å². The Morgan fingerprint density at radius 3 is 2.17 bits per heavy atom. The van der Waals surface area contributed by atoms with Gasteiger partial charge in [-0.15, -0.1) is 0 Å². The molecule has 186 valence electrons. The van der Waals surface area contributed by atoms with Gasteiger partial charge in [-0.3, -0.25) is 0 Å². The van der Waals surface area contributed by atoms with Crippen molar-refractivity contribution in [1.82, 2.24) is 0 Å². The largest absolute Gasteiger partial charge is 0.491 e. The van der Waals surface area contributed by atoms with Crippen molar-refractivity contribution in [3.8, 4) is 28.0 Å².